The van der Waals surface area contributed by atoms with E-state index in [9.17, 15) is 14.7 Å². The Balaban J connectivity index is 3.23. The molecule has 0 bridgehead atoms. The van der Waals surface area contributed by atoms with Crippen molar-refractivity contribution in [2.75, 3.05) is 6.61 Å². The number of aromatic nitrogens is 1. The third-order valence-corrected chi connectivity index (χ3v) is 3.49. The SMILES string of the molecule is CCOC(=O)C(Cc1ccnc(Cl)c1)(C(=O)O)C(C)C. The first-order chi connectivity index (χ1) is 9.34. The largest absolute Gasteiger partial charge is 0.480 e. The normalized spacial score (nSPS) is 13.8. The molecule has 20 heavy (non-hydrogen) atoms. The Labute approximate surface area is 122 Å². The molecule has 0 radical (unpaired) electrons. The Kier molecular flexibility index (Phi) is 5.51. The minimum atomic E-state index is -1.62. The van der Waals surface area contributed by atoms with Crippen molar-refractivity contribution in [2.24, 2.45) is 11.3 Å². The first-order valence-electron chi connectivity index (χ1n) is 6.35. The average Bonchev–Trinajstić information content (AvgIpc) is 2.35. The zero-order chi connectivity index (χ0) is 15.3. The van der Waals surface area contributed by atoms with Crippen LogP contribution in [0.5, 0.6) is 0 Å². The van der Waals surface area contributed by atoms with Crippen LogP contribution in [0.15, 0.2) is 18.3 Å². The molecule has 1 aromatic rings. The van der Waals surface area contributed by atoms with Crippen LogP contribution in [0, 0.1) is 11.3 Å². The molecular formula is C14H18ClNO4. The summed E-state index contributed by atoms with van der Waals surface area (Å²) in [5.41, 5.74) is -0.991. The van der Waals surface area contributed by atoms with E-state index in [1.807, 2.05) is 0 Å². The molecule has 0 spiro atoms. The highest BCUT2D eigenvalue weighted by Gasteiger charge is 2.50. The van der Waals surface area contributed by atoms with Gasteiger partial charge in [0.25, 0.3) is 0 Å². The Hall–Kier alpha value is -1.62. The van der Waals surface area contributed by atoms with Gasteiger partial charge in [-0.1, -0.05) is 25.4 Å². The number of pyridine rings is 1. The number of esters is 1. The van der Waals surface area contributed by atoms with E-state index < -0.39 is 23.3 Å². The maximum Gasteiger partial charge on any atom is 0.324 e. The molecule has 5 nitrogen and oxygen atoms in total. The third kappa shape index (κ3) is 3.28. The predicted octanol–water partition coefficient (Wildman–Crippen LogP) is 2.57. The first-order valence-corrected chi connectivity index (χ1v) is 6.73. The number of carbonyl (C=O) groups excluding carboxylic acids is 1. The van der Waals surface area contributed by atoms with E-state index >= 15 is 0 Å². The number of rotatable bonds is 6. The monoisotopic (exact) mass is 299 g/mol. The molecule has 1 N–H and O–H groups in total. The van der Waals surface area contributed by atoms with E-state index in [2.05, 4.69) is 4.98 Å². The molecule has 6 heteroatoms. The quantitative estimate of drug-likeness (QED) is 0.496. The molecule has 1 unspecified atom stereocenters. The van der Waals surface area contributed by atoms with Gasteiger partial charge in [0.1, 0.15) is 5.15 Å². The van der Waals surface area contributed by atoms with E-state index in [0.29, 0.717) is 5.56 Å². The standard InChI is InChI=1S/C14H18ClNO4/c1-4-20-13(19)14(9(2)3,12(17)18)8-10-5-6-16-11(15)7-10/h5-7,9H,4,8H2,1-3H3,(H,17,18). The van der Waals surface area contributed by atoms with Crippen LogP contribution in [0.1, 0.15) is 26.3 Å². The molecular weight excluding hydrogens is 282 g/mol. The second-order valence-electron chi connectivity index (χ2n) is 4.82. The van der Waals surface area contributed by atoms with E-state index in [0.717, 1.165) is 0 Å². The Morgan fingerprint density at radius 3 is 2.60 bits per heavy atom. The molecule has 1 heterocycles. The summed E-state index contributed by atoms with van der Waals surface area (Å²) in [4.78, 5) is 27.7. The number of hydrogen-bond acceptors (Lipinski definition) is 4. The molecule has 0 aliphatic heterocycles. The molecule has 1 atom stereocenters. The zero-order valence-electron chi connectivity index (χ0n) is 11.7. The van der Waals surface area contributed by atoms with Gasteiger partial charge >= 0.3 is 11.9 Å². The van der Waals surface area contributed by atoms with Crippen molar-refractivity contribution in [2.45, 2.75) is 27.2 Å². The minimum Gasteiger partial charge on any atom is -0.480 e. The van der Waals surface area contributed by atoms with Crippen LogP contribution >= 0.6 is 11.6 Å². The van der Waals surface area contributed by atoms with Gasteiger partial charge in [0.05, 0.1) is 6.61 Å². The van der Waals surface area contributed by atoms with Crippen LogP contribution in [0.2, 0.25) is 5.15 Å². The van der Waals surface area contributed by atoms with Crippen molar-refractivity contribution in [1.29, 1.82) is 0 Å². The fraction of sp³-hybridized carbons (Fsp3) is 0.500. The van der Waals surface area contributed by atoms with Crippen molar-refractivity contribution >= 4 is 23.5 Å². The highest BCUT2D eigenvalue weighted by molar-refractivity contribution is 6.29. The van der Waals surface area contributed by atoms with Gasteiger partial charge in [-0.15, -0.1) is 0 Å². The Bertz CT molecular complexity index is 504. The van der Waals surface area contributed by atoms with Gasteiger partial charge in [-0.05, 0) is 37.0 Å². The Morgan fingerprint density at radius 1 is 1.50 bits per heavy atom. The van der Waals surface area contributed by atoms with Gasteiger partial charge in [-0.25, -0.2) is 4.98 Å². The molecule has 0 amide bonds. The second kappa shape index (κ2) is 6.70. The number of ether oxygens (including phenoxy) is 1. The predicted molar refractivity (Wildman–Crippen MR) is 74.5 cm³/mol. The van der Waals surface area contributed by atoms with Gasteiger partial charge < -0.3 is 9.84 Å². The molecule has 0 saturated carbocycles. The van der Waals surface area contributed by atoms with Crippen molar-refractivity contribution < 1.29 is 19.4 Å². The fourth-order valence-corrected chi connectivity index (χ4v) is 2.25. The Morgan fingerprint density at radius 2 is 2.15 bits per heavy atom. The number of carboxylic acid groups (broad SMARTS) is 1. The molecule has 1 rings (SSSR count). The van der Waals surface area contributed by atoms with Gasteiger partial charge in [-0.3, -0.25) is 9.59 Å². The summed E-state index contributed by atoms with van der Waals surface area (Å²) in [6.45, 7) is 5.16. The number of halogens is 1. The first kappa shape index (κ1) is 16.4. The summed E-state index contributed by atoms with van der Waals surface area (Å²) < 4.78 is 4.96. The van der Waals surface area contributed by atoms with Gasteiger partial charge in [0, 0.05) is 6.20 Å². The molecule has 0 saturated heterocycles. The van der Waals surface area contributed by atoms with E-state index in [4.69, 9.17) is 16.3 Å². The van der Waals surface area contributed by atoms with E-state index in [1.165, 1.54) is 6.20 Å². The lowest BCUT2D eigenvalue weighted by Gasteiger charge is -2.30. The summed E-state index contributed by atoms with van der Waals surface area (Å²) >= 11 is 5.80. The molecule has 110 valence electrons. The molecule has 0 fully saturated rings. The lowest BCUT2D eigenvalue weighted by molar-refractivity contribution is -0.172. The lowest BCUT2D eigenvalue weighted by atomic mass is 9.72. The van der Waals surface area contributed by atoms with E-state index in [-0.39, 0.29) is 18.2 Å². The van der Waals surface area contributed by atoms with Crippen molar-refractivity contribution in [3.63, 3.8) is 0 Å². The van der Waals surface area contributed by atoms with Crippen LogP contribution in [-0.2, 0) is 20.7 Å². The summed E-state index contributed by atoms with van der Waals surface area (Å²) in [6, 6.07) is 3.20. The summed E-state index contributed by atoms with van der Waals surface area (Å²) in [5, 5.41) is 9.83. The maximum absolute atomic E-state index is 12.2. The number of carbonyl (C=O) groups is 2. The summed E-state index contributed by atoms with van der Waals surface area (Å²) in [6.07, 6.45) is 1.50. The van der Waals surface area contributed by atoms with Crippen molar-refractivity contribution in [3.05, 3.63) is 29.0 Å². The zero-order valence-corrected chi connectivity index (χ0v) is 12.5. The highest BCUT2D eigenvalue weighted by Crippen LogP contribution is 2.34. The van der Waals surface area contributed by atoms with E-state index in [1.54, 1.807) is 32.9 Å². The lowest BCUT2D eigenvalue weighted by Crippen LogP contribution is -2.47. The highest BCUT2D eigenvalue weighted by atomic mass is 35.5. The molecule has 1 aromatic heterocycles. The second-order valence-corrected chi connectivity index (χ2v) is 5.20. The third-order valence-electron chi connectivity index (χ3n) is 3.28. The molecule has 0 aromatic carbocycles. The average molecular weight is 300 g/mol. The van der Waals surface area contributed by atoms with Crippen LogP contribution in [0.25, 0.3) is 0 Å². The number of aliphatic carboxylic acids is 1. The summed E-state index contributed by atoms with van der Waals surface area (Å²) in [5.74, 6) is -2.35. The number of carboxylic acids is 1. The fourth-order valence-electron chi connectivity index (χ4n) is 2.06. The van der Waals surface area contributed by atoms with Gasteiger partial charge in [0.2, 0.25) is 0 Å². The maximum atomic E-state index is 12.2. The summed E-state index contributed by atoms with van der Waals surface area (Å²) in [7, 11) is 0. The topological polar surface area (TPSA) is 76.5 Å². The molecule has 0 aliphatic rings. The van der Waals surface area contributed by atoms with Crippen LogP contribution in [-0.4, -0.2) is 28.6 Å². The molecule has 0 aliphatic carbocycles. The number of hydrogen-bond donors (Lipinski definition) is 1. The van der Waals surface area contributed by atoms with Crippen LogP contribution in [0.4, 0.5) is 0 Å². The van der Waals surface area contributed by atoms with Gasteiger partial charge in [-0.2, -0.15) is 0 Å². The smallest absolute Gasteiger partial charge is 0.324 e. The van der Waals surface area contributed by atoms with Crippen LogP contribution in [0.3, 0.4) is 0 Å². The van der Waals surface area contributed by atoms with Gasteiger partial charge in [0.15, 0.2) is 5.41 Å². The minimum absolute atomic E-state index is 0.0150. The number of nitrogens with zero attached hydrogens (tertiary/aromatic N) is 1. The van der Waals surface area contributed by atoms with Crippen molar-refractivity contribution in [3.8, 4) is 0 Å². The van der Waals surface area contributed by atoms with Crippen molar-refractivity contribution in [1.82, 2.24) is 4.98 Å². The van der Waals surface area contributed by atoms with Crippen LogP contribution < -0.4 is 0 Å².